The highest BCUT2D eigenvalue weighted by Crippen LogP contribution is 2.52. The maximum Gasteiger partial charge on any atom is 0.642 e. The first-order valence-corrected chi connectivity index (χ1v) is 20.7. The Morgan fingerprint density at radius 1 is 0.643 bits per heavy atom. The summed E-state index contributed by atoms with van der Waals surface area (Å²) in [5, 5.41) is 0. The van der Waals surface area contributed by atoms with Crippen LogP contribution in [0.25, 0.3) is 28.0 Å². The van der Waals surface area contributed by atoms with Crippen LogP contribution in [-0.4, -0.2) is 77.7 Å². The Kier molecular flexibility index (Phi) is 11.8. The Labute approximate surface area is 345 Å². The average molecular weight is 886 g/mol. The molecule has 2 aliphatic heterocycles. The fraction of sp³-hybridized carbons (Fsp3) is 0.273. The van der Waals surface area contributed by atoms with Crippen molar-refractivity contribution in [2.45, 2.75) is 40.8 Å². The number of methoxy groups -OCH3 is 2. The van der Waals surface area contributed by atoms with E-state index in [1.165, 1.54) is 0 Å². The van der Waals surface area contributed by atoms with Crippen molar-refractivity contribution in [2.24, 2.45) is 4.99 Å². The second kappa shape index (κ2) is 16.6. The van der Waals surface area contributed by atoms with E-state index in [2.05, 4.69) is 93.6 Å². The molecule has 0 fully saturated rings. The van der Waals surface area contributed by atoms with E-state index in [1.807, 2.05) is 48.5 Å². The summed E-state index contributed by atoms with van der Waals surface area (Å²) >= 11 is 7.71. The monoisotopic (exact) mass is 883 g/mol. The van der Waals surface area contributed by atoms with Gasteiger partial charge in [0.2, 0.25) is 5.82 Å². The Morgan fingerprint density at radius 3 is 1.55 bits per heavy atom. The third-order valence-electron chi connectivity index (χ3n) is 10.9. The van der Waals surface area contributed by atoms with Gasteiger partial charge in [0.25, 0.3) is 5.84 Å². The molecule has 0 bridgehead atoms. The normalized spacial score (nSPS) is 14.8. The zero-order valence-corrected chi connectivity index (χ0v) is 35.8. The molecule has 5 aromatic rings. The van der Waals surface area contributed by atoms with Gasteiger partial charge in [0.05, 0.1) is 34.3 Å². The molecule has 290 valence electrons. The second-order valence-electron chi connectivity index (χ2n) is 13.9. The topological polar surface area (TPSA) is 45.2 Å². The van der Waals surface area contributed by atoms with Crippen LogP contribution in [0.15, 0.2) is 111 Å². The summed E-state index contributed by atoms with van der Waals surface area (Å²) in [6.45, 7) is 9.39. The molecular formula is C44H46BBr2F2N5O2. The molecule has 0 N–H and O–H groups in total. The molecule has 56 heavy (non-hydrogen) atoms. The van der Waals surface area contributed by atoms with Gasteiger partial charge in [0.15, 0.2) is 0 Å². The molecule has 2 aliphatic rings. The molecular weight excluding hydrogens is 839 g/mol. The zero-order valence-electron chi connectivity index (χ0n) is 32.6. The van der Waals surface area contributed by atoms with Crippen molar-refractivity contribution in [3.8, 4) is 33.9 Å². The molecule has 0 amide bonds. The van der Waals surface area contributed by atoms with Gasteiger partial charge in [-0.15, -0.1) is 0 Å². The van der Waals surface area contributed by atoms with E-state index < -0.39 is 6.97 Å². The van der Waals surface area contributed by atoms with Crippen molar-refractivity contribution in [1.29, 1.82) is 0 Å². The van der Waals surface area contributed by atoms with Crippen LogP contribution in [0.4, 0.5) is 14.4 Å². The fourth-order valence-corrected chi connectivity index (χ4v) is 9.30. The van der Waals surface area contributed by atoms with Crippen LogP contribution in [0.5, 0.6) is 11.5 Å². The number of ether oxygens (including phenoxy) is 2. The standard InChI is InChI=1S/C44H46BBr2F2N5O2/c1-7-51(8-2)27-29-11-15-31(16-12-29)37-39(46)41(33-19-23-35(55-5)24-20-33)53-43(37)50-44-38(32-17-13-30(14-18-32)28-52(9-3)10-4)40(47)42(54(44)45(53,48)49)34-21-25-36(56-6)26-22-34/h11-26H,7-10,27-28H2,1-6H3. The Morgan fingerprint density at radius 2 is 1.09 bits per heavy atom. The number of halogens is 4. The quantitative estimate of drug-likeness (QED) is 0.104. The minimum Gasteiger partial charge on any atom is -0.497 e. The van der Waals surface area contributed by atoms with E-state index in [0.717, 1.165) is 70.5 Å². The first kappa shape index (κ1) is 39.9. The molecule has 1 aromatic heterocycles. The van der Waals surface area contributed by atoms with Crippen molar-refractivity contribution in [1.82, 2.24) is 14.3 Å². The lowest BCUT2D eigenvalue weighted by atomic mass is 9.90. The number of allylic oxidation sites excluding steroid dienone is 1. The molecule has 0 saturated heterocycles. The summed E-state index contributed by atoms with van der Waals surface area (Å²) in [5.41, 5.74) is 6.94. The number of aliphatic imine (C=N–C) groups is 1. The molecule has 0 saturated carbocycles. The van der Waals surface area contributed by atoms with Gasteiger partial charge in [0, 0.05) is 24.3 Å². The third kappa shape index (κ3) is 7.21. The molecule has 0 unspecified atom stereocenters. The van der Waals surface area contributed by atoms with E-state index in [4.69, 9.17) is 14.5 Å². The lowest BCUT2D eigenvalue weighted by Gasteiger charge is -2.32. The maximum absolute atomic E-state index is 18.2. The van der Waals surface area contributed by atoms with Crippen LogP contribution in [0.2, 0.25) is 0 Å². The number of hydrogen-bond acceptors (Lipinski definition) is 5. The van der Waals surface area contributed by atoms with Gasteiger partial charge in [-0.1, -0.05) is 76.2 Å². The molecule has 0 radical (unpaired) electrons. The molecule has 12 heteroatoms. The van der Waals surface area contributed by atoms with Crippen molar-refractivity contribution < 1.29 is 22.6 Å². The molecule has 7 nitrogen and oxygen atoms in total. The largest absolute Gasteiger partial charge is 0.642 e. The first-order chi connectivity index (χ1) is 27.1. The number of amidine groups is 1. The smallest absolute Gasteiger partial charge is 0.497 e. The summed E-state index contributed by atoms with van der Waals surface area (Å²) in [6, 6.07) is 30.8. The summed E-state index contributed by atoms with van der Waals surface area (Å²) < 4.78 is 50.6. The SMILES string of the molecule is CCN(CC)Cc1ccc(C2=C(Br)C(c3ccc(OC)cc3)=[N+]3C2=Nc2c(-c4ccc(CN(CC)CC)cc4)c(Br)c(-c4ccc(OC)cc4)n2[B-]3(F)F)cc1. The Balaban J connectivity index is 1.48. The van der Waals surface area contributed by atoms with Gasteiger partial charge in [0.1, 0.15) is 17.2 Å². The Hall–Kier alpha value is -4.36. The van der Waals surface area contributed by atoms with Gasteiger partial charge in [-0.25, -0.2) is 0 Å². The van der Waals surface area contributed by atoms with Crippen molar-refractivity contribution in [2.75, 3.05) is 40.4 Å². The predicted molar refractivity (Wildman–Crippen MR) is 233 cm³/mol. The van der Waals surface area contributed by atoms with Crippen LogP contribution >= 0.6 is 31.9 Å². The third-order valence-corrected chi connectivity index (χ3v) is 12.4. The van der Waals surface area contributed by atoms with Crippen LogP contribution < -0.4 is 9.47 Å². The van der Waals surface area contributed by atoms with Gasteiger partial charge in [-0.2, -0.15) is 0 Å². The maximum atomic E-state index is 18.2. The minimum atomic E-state index is -4.56. The second-order valence-corrected chi connectivity index (χ2v) is 15.5. The molecule has 0 spiro atoms. The molecule has 4 aromatic carbocycles. The molecule has 0 aliphatic carbocycles. The fourth-order valence-electron chi connectivity index (χ4n) is 7.64. The van der Waals surface area contributed by atoms with Crippen LogP contribution in [0.1, 0.15) is 49.9 Å². The lowest BCUT2D eigenvalue weighted by Crippen LogP contribution is -2.53. The summed E-state index contributed by atoms with van der Waals surface area (Å²) in [5.74, 6) is 1.63. The summed E-state index contributed by atoms with van der Waals surface area (Å²) in [4.78, 5) is 9.95. The Bertz CT molecular complexity index is 2310. The van der Waals surface area contributed by atoms with Gasteiger partial charge in [-0.3, -0.25) is 9.80 Å². The molecule has 3 heterocycles. The van der Waals surface area contributed by atoms with E-state index >= 15 is 8.63 Å². The predicted octanol–water partition coefficient (Wildman–Crippen LogP) is 10.9. The highest BCUT2D eigenvalue weighted by atomic mass is 79.9. The van der Waals surface area contributed by atoms with Gasteiger partial charge >= 0.3 is 6.97 Å². The highest BCUT2D eigenvalue weighted by Gasteiger charge is 2.55. The van der Waals surface area contributed by atoms with E-state index in [9.17, 15) is 0 Å². The van der Waals surface area contributed by atoms with Gasteiger partial charge in [-0.05, 0) is 139 Å². The van der Waals surface area contributed by atoms with Crippen molar-refractivity contribution in [3.05, 3.63) is 128 Å². The number of hydrogen-bond donors (Lipinski definition) is 0. The lowest BCUT2D eigenvalue weighted by molar-refractivity contribution is -0.291. The average Bonchev–Trinajstić information content (AvgIpc) is 3.70. The first-order valence-electron chi connectivity index (χ1n) is 19.1. The number of nitrogens with zero attached hydrogens (tertiary/aromatic N) is 5. The van der Waals surface area contributed by atoms with E-state index in [0.29, 0.717) is 54.1 Å². The van der Waals surface area contributed by atoms with Crippen molar-refractivity contribution in [3.63, 3.8) is 0 Å². The van der Waals surface area contributed by atoms with E-state index in [1.54, 1.807) is 38.5 Å². The van der Waals surface area contributed by atoms with Crippen LogP contribution in [0, 0.1) is 0 Å². The van der Waals surface area contributed by atoms with Gasteiger partial charge < -0.3 is 27.1 Å². The summed E-state index contributed by atoms with van der Waals surface area (Å²) in [7, 11) is 3.18. The number of aromatic nitrogens is 1. The van der Waals surface area contributed by atoms with Crippen LogP contribution in [0.3, 0.4) is 0 Å². The minimum absolute atomic E-state index is 0.183. The molecule has 0 atom stereocenters. The van der Waals surface area contributed by atoms with Crippen molar-refractivity contribution >= 4 is 61.8 Å². The number of rotatable bonds is 14. The van der Waals surface area contributed by atoms with E-state index in [-0.39, 0.29) is 11.7 Å². The zero-order chi connectivity index (χ0) is 39.7. The molecule has 7 rings (SSSR count). The highest BCUT2D eigenvalue weighted by molar-refractivity contribution is 9.12. The summed E-state index contributed by atoms with van der Waals surface area (Å²) in [6.07, 6.45) is 0. The number of benzene rings is 4. The van der Waals surface area contributed by atoms with Crippen LogP contribution in [-0.2, 0) is 13.1 Å². The number of fused-ring (bicyclic) bond motifs is 2.